The van der Waals surface area contributed by atoms with Gasteiger partial charge in [0, 0.05) is 43.8 Å². The molecular weight excluding hydrogens is 346 g/mol. The predicted octanol–water partition coefficient (Wildman–Crippen LogP) is 4.41. The molecule has 1 heterocycles. The lowest BCUT2D eigenvalue weighted by Crippen LogP contribution is -2.15. The molecule has 3 aromatic rings. The fraction of sp³-hybridized carbons (Fsp3) is 0.381. The number of rotatable bonds is 8. The van der Waals surface area contributed by atoms with Gasteiger partial charge in [-0.25, -0.2) is 0 Å². The van der Waals surface area contributed by atoms with Gasteiger partial charge in [-0.3, -0.25) is 4.68 Å². The first-order chi connectivity index (χ1) is 12.3. The molecule has 2 aromatic carbocycles. The number of halogens is 1. The van der Waals surface area contributed by atoms with Crippen LogP contribution in [0, 0.1) is 0 Å². The second kappa shape index (κ2) is 8.67. The van der Waals surface area contributed by atoms with Crippen LogP contribution in [0.4, 0.5) is 0 Å². The number of hydrogen-bond donors (Lipinski definition) is 1. The molecule has 4 nitrogen and oxygen atoms in total. The molecule has 5 heteroatoms. The number of ether oxygens (including phenoxy) is 1. The first kappa shape index (κ1) is 18.9. The maximum absolute atomic E-state index is 5.21. The van der Waals surface area contributed by atoms with E-state index in [9.17, 15) is 0 Å². The molecule has 0 aliphatic heterocycles. The van der Waals surface area contributed by atoms with Gasteiger partial charge >= 0.3 is 0 Å². The molecule has 0 radical (unpaired) electrons. The Morgan fingerprint density at radius 3 is 2.69 bits per heavy atom. The summed E-state index contributed by atoms with van der Waals surface area (Å²) in [4.78, 5) is 0. The molecular formula is C21H26ClN3O. The van der Waals surface area contributed by atoms with E-state index in [-0.39, 0.29) is 12.4 Å². The molecule has 1 saturated carbocycles. The van der Waals surface area contributed by atoms with Crippen molar-refractivity contribution >= 4 is 23.3 Å². The minimum atomic E-state index is 0. The zero-order valence-corrected chi connectivity index (χ0v) is 16.0. The number of methoxy groups -OCH3 is 1. The number of benzene rings is 2. The fourth-order valence-electron chi connectivity index (χ4n) is 3.22. The van der Waals surface area contributed by atoms with E-state index in [1.807, 2.05) is 6.07 Å². The van der Waals surface area contributed by atoms with E-state index in [0.717, 1.165) is 37.9 Å². The van der Waals surface area contributed by atoms with Gasteiger partial charge in [0.15, 0.2) is 0 Å². The van der Waals surface area contributed by atoms with Crippen molar-refractivity contribution in [1.29, 1.82) is 0 Å². The van der Waals surface area contributed by atoms with Crippen LogP contribution >= 0.6 is 12.4 Å². The second-order valence-electron chi connectivity index (χ2n) is 6.79. The zero-order chi connectivity index (χ0) is 17.1. The van der Waals surface area contributed by atoms with Crippen LogP contribution in [0.15, 0.2) is 48.5 Å². The Hall–Kier alpha value is -1.88. The maximum atomic E-state index is 5.21. The summed E-state index contributed by atoms with van der Waals surface area (Å²) in [6.07, 6.45) is 3.59. The van der Waals surface area contributed by atoms with Gasteiger partial charge < -0.3 is 10.1 Å². The summed E-state index contributed by atoms with van der Waals surface area (Å²) in [5, 5.41) is 9.74. The summed E-state index contributed by atoms with van der Waals surface area (Å²) in [6.45, 7) is 2.56. The summed E-state index contributed by atoms with van der Waals surface area (Å²) in [5.41, 5.74) is 4.77. The van der Waals surface area contributed by atoms with E-state index < -0.39 is 0 Å². The molecule has 138 valence electrons. The number of nitrogens with zero attached hydrogens (tertiary/aromatic N) is 2. The molecule has 0 saturated heterocycles. The van der Waals surface area contributed by atoms with Crippen LogP contribution in [0.2, 0.25) is 0 Å². The van der Waals surface area contributed by atoms with Crippen molar-refractivity contribution < 1.29 is 4.74 Å². The molecule has 1 aromatic heterocycles. The fourth-order valence-corrected chi connectivity index (χ4v) is 3.22. The van der Waals surface area contributed by atoms with Gasteiger partial charge in [-0.05, 0) is 30.9 Å². The van der Waals surface area contributed by atoms with Gasteiger partial charge in [0.2, 0.25) is 0 Å². The molecule has 1 N–H and O–H groups in total. The lowest BCUT2D eigenvalue weighted by atomic mass is 10.1. The molecule has 26 heavy (non-hydrogen) atoms. The van der Waals surface area contributed by atoms with Gasteiger partial charge in [-0.15, -0.1) is 12.4 Å². The highest BCUT2D eigenvalue weighted by molar-refractivity contribution is 5.93. The van der Waals surface area contributed by atoms with Crippen LogP contribution < -0.4 is 5.32 Å². The Balaban J connectivity index is 0.00000196. The van der Waals surface area contributed by atoms with Crippen LogP contribution in [0.1, 0.15) is 24.8 Å². The van der Waals surface area contributed by atoms with E-state index >= 15 is 0 Å². The van der Waals surface area contributed by atoms with E-state index in [0.29, 0.717) is 0 Å². The number of hydrogen-bond acceptors (Lipinski definition) is 3. The summed E-state index contributed by atoms with van der Waals surface area (Å²) in [7, 11) is 1.75. The molecule has 0 amide bonds. The molecule has 0 atom stereocenters. The quantitative estimate of drug-likeness (QED) is 0.596. The third kappa shape index (κ3) is 4.26. The molecule has 1 fully saturated rings. The first-order valence-electron chi connectivity index (χ1n) is 9.12. The molecule has 4 rings (SSSR count). The number of fused-ring (bicyclic) bond motifs is 1. The molecule has 0 bridgehead atoms. The minimum Gasteiger partial charge on any atom is -0.385 e. The van der Waals surface area contributed by atoms with Crippen LogP contribution in [-0.2, 0) is 17.8 Å². The smallest absolute Gasteiger partial charge is 0.100 e. The van der Waals surface area contributed by atoms with Crippen molar-refractivity contribution in [3.05, 3.63) is 54.1 Å². The number of nitrogens with one attached hydrogen (secondary N) is 1. The average molecular weight is 372 g/mol. The predicted molar refractivity (Wildman–Crippen MR) is 109 cm³/mol. The van der Waals surface area contributed by atoms with Gasteiger partial charge in [0.1, 0.15) is 5.69 Å². The zero-order valence-electron chi connectivity index (χ0n) is 15.1. The van der Waals surface area contributed by atoms with E-state index in [1.54, 1.807) is 7.11 Å². The average Bonchev–Trinajstić information content (AvgIpc) is 3.42. The molecule has 0 spiro atoms. The van der Waals surface area contributed by atoms with Crippen LogP contribution in [0.25, 0.3) is 22.2 Å². The maximum Gasteiger partial charge on any atom is 0.100 e. The van der Waals surface area contributed by atoms with Crippen molar-refractivity contribution in [3.8, 4) is 11.3 Å². The normalized spacial score (nSPS) is 13.7. The lowest BCUT2D eigenvalue weighted by Gasteiger charge is -2.06. The Labute approximate surface area is 161 Å². The standard InChI is InChI=1S/C21H25N3O.ClH/c1-25-13-5-12-24-20-14-16(15-22-18-9-10-18)8-11-19(20)21(23-24)17-6-3-2-4-7-17;/h2-4,6-8,11,14,18,22H,5,9-10,12-13,15H2,1H3;1H. The summed E-state index contributed by atoms with van der Waals surface area (Å²) < 4.78 is 7.35. The Morgan fingerprint density at radius 1 is 1.15 bits per heavy atom. The largest absolute Gasteiger partial charge is 0.385 e. The lowest BCUT2D eigenvalue weighted by molar-refractivity contribution is 0.189. The van der Waals surface area contributed by atoms with Crippen molar-refractivity contribution in [2.24, 2.45) is 0 Å². The molecule has 0 unspecified atom stereocenters. The monoisotopic (exact) mass is 371 g/mol. The SMILES string of the molecule is COCCCn1nc(-c2ccccc2)c2ccc(CNC3CC3)cc21.Cl. The van der Waals surface area contributed by atoms with Crippen molar-refractivity contribution in [2.75, 3.05) is 13.7 Å². The van der Waals surface area contributed by atoms with Gasteiger partial charge in [-0.1, -0.05) is 42.5 Å². The summed E-state index contributed by atoms with van der Waals surface area (Å²) >= 11 is 0. The third-order valence-corrected chi connectivity index (χ3v) is 4.75. The van der Waals surface area contributed by atoms with Crippen molar-refractivity contribution in [3.63, 3.8) is 0 Å². The number of aryl methyl sites for hydroxylation is 1. The highest BCUT2D eigenvalue weighted by Gasteiger charge is 2.20. The number of aromatic nitrogens is 2. The molecule has 1 aliphatic rings. The minimum absolute atomic E-state index is 0. The molecule has 1 aliphatic carbocycles. The highest BCUT2D eigenvalue weighted by atomic mass is 35.5. The van der Waals surface area contributed by atoms with Crippen LogP contribution in [0.3, 0.4) is 0 Å². The van der Waals surface area contributed by atoms with E-state index in [2.05, 4.69) is 52.5 Å². The highest BCUT2D eigenvalue weighted by Crippen LogP contribution is 2.29. The summed E-state index contributed by atoms with van der Waals surface area (Å²) in [6, 6.07) is 17.9. The van der Waals surface area contributed by atoms with Gasteiger partial charge in [0.05, 0.1) is 5.52 Å². The first-order valence-corrected chi connectivity index (χ1v) is 9.12. The Bertz CT molecular complexity index is 843. The van der Waals surface area contributed by atoms with Crippen LogP contribution in [0.5, 0.6) is 0 Å². The summed E-state index contributed by atoms with van der Waals surface area (Å²) in [5.74, 6) is 0. The van der Waals surface area contributed by atoms with Crippen molar-refractivity contribution in [2.45, 2.75) is 38.4 Å². The second-order valence-corrected chi connectivity index (χ2v) is 6.79. The van der Waals surface area contributed by atoms with Crippen molar-refractivity contribution in [1.82, 2.24) is 15.1 Å². The van der Waals surface area contributed by atoms with E-state index in [4.69, 9.17) is 9.84 Å². The van der Waals surface area contributed by atoms with E-state index in [1.165, 1.54) is 34.9 Å². The van der Waals surface area contributed by atoms with Crippen LogP contribution in [-0.4, -0.2) is 29.5 Å². The van der Waals surface area contributed by atoms with Gasteiger partial charge in [-0.2, -0.15) is 5.10 Å². The topological polar surface area (TPSA) is 39.1 Å². The Kier molecular flexibility index (Phi) is 6.30. The Morgan fingerprint density at radius 2 is 1.96 bits per heavy atom. The third-order valence-electron chi connectivity index (χ3n) is 4.75. The van der Waals surface area contributed by atoms with Gasteiger partial charge in [0.25, 0.3) is 0 Å².